The molecule has 0 aliphatic carbocycles. The van der Waals surface area contributed by atoms with Crippen LogP contribution < -0.4 is 0 Å². The molecule has 1 atom stereocenters. The van der Waals surface area contributed by atoms with E-state index in [1.165, 1.54) is 6.42 Å². The Hall–Kier alpha value is -1.42. The van der Waals surface area contributed by atoms with Gasteiger partial charge in [0.05, 0.1) is 5.52 Å². The minimum atomic E-state index is 0.0569. The van der Waals surface area contributed by atoms with Crippen molar-refractivity contribution in [2.24, 2.45) is 5.92 Å². The van der Waals surface area contributed by atoms with Gasteiger partial charge in [0.15, 0.2) is 0 Å². The Morgan fingerprint density at radius 1 is 1.30 bits per heavy atom. The second-order valence-corrected chi connectivity index (χ2v) is 5.95. The van der Waals surface area contributed by atoms with Crippen LogP contribution in [0.3, 0.4) is 0 Å². The van der Waals surface area contributed by atoms with Gasteiger partial charge < -0.3 is 4.90 Å². The Balaban J connectivity index is 1.84. The number of pyridine rings is 1. The summed E-state index contributed by atoms with van der Waals surface area (Å²) < 4.78 is 0. The second kappa shape index (κ2) is 5.92. The number of rotatable bonds is 2. The molecule has 0 saturated carbocycles. The van der Waals surface area contributed by atoms with Gasteiger partial charge in [-0.15, -0.1) is 0 Å². The van der Waals surface area contributed by atoms with Crippen molar-refractivity contribution in [3.8, 4) is 0 Å². The van der Waals surface area contributed by atoms with Gasteiger partial charge in [-0.05, 0) is 30.9 Å². The van der Waals surface area contributed by atoms with Crippen LogP contribution in [0.1, 0.15) is 23.3 Å². The predicted molar refractivity (Wildman–Crippen MR) is 84.2 cm³/mol. The highest BCUT2D eigenvalue weighted by Gasteiger charge is 2.24. The fraction of sp³-hybridized carbons (Fsp3) is 0.375. The first-order chi connectivity index (χ1) is 9.78. The highest BCUT2D eigenvalue weighted by molar-refractivity contribution is 9.09. The van der Waals surface area contributed by atoms with Crippen LogP contribution in [-0.4, -0.2) is 34.2 Å². The number of benzene rings is 1. The van der Waals surface area contributed by atoms with Crippen molar-refractivity contribution in [3.05, 3.63) is 42.1 Å². The lowest BCUT2D eigenvalue weighted by molar-refractivity contribution is 0.0680. The van der Waals surface area contributed by atoms with Crippen LogP contribution in [0.5, 0.6) is 0 Å². The zero-order valence-corrected chi connectivity index (χ0v) is 12.8. The number of para-hydroxylation sites is 1. The lowest BCUT2D eigenvalue weighted by Crippen LogP contribution is -2.40. The van der Waals surface area contributed by atoms with Crippen molar-refractivity contribution in [2.45, 2.75) is 12.8 Å². The summed E-state index contributed by atoms with van der Waals surface area (Å²) in [4.78, 5) is 19.0. The Labute approximate surface area is 127 Å². The van der Waals surface area contributed by atoms with Gasteiger partial charge in [0.25, 0.3) is 5.91 Å². The number of likely N-dealkylation sites (tertiary alicyclic amines) is 1. The molecule has 0 radical (unpaired) electrons. The molecule has 4 heteroatoms. The highest BCUT2D eigenvalue weighted by atomic mass is 79.9. The van der Waals surface area contributed by atoms with E-state index in [9.17, 15) is 4.79 Å². The van der Waals surface area contributed by atoms with Crippen molar-refractivity contribution < 1.29 is 4.79 Å². The number of amides is 1. The summed E-state index contributed by atoms with van der Waals surface area (Å²) in [6, 6.07) is 11.7. The number of carbonyl (C=O) groups is 1. The standard InChI is InChI=1S/C16H17BrN2O/c17-10-12-4-3-9-19(11-12)16(20)15-8-7-13-5-1-2-6-14(13)18-15/h1-2,5-8,12H,3-4,9-11H2. The maximum absolute atomic E-state index is 12.6. The van der Waals surface area contributed by atoms with Crippen molar-refractivity contribution in [1.82, 2.24) is 9.88 Å². The third-order valence-corrected chi connectivity index (χ3v) is 4.76. The van der Waals surface area contributed by atoms with E-state index in [-0.39, 0.29) is 5.91 Å². The summed E-state index contributed by atoms with van der Waals surface area (Å²) in [5, 5.41) is 2.03. The van der Waals surface area contributed by atoms with Crippen LogP contribution in [-0.2, 0) is 0 Å². The minimum Gasteiger partial charge on any atom is -0.337 e. The van der Waals surface area contributed by atoms with Gasteiger partial charge in [0.1, 0.15) is 5.69 Å². The molecule has 1 fully saturated rings. The maximum Gasteiger partial charge on any atom is 0.272 e. The molecular formula is C16H17BrN2O. The van der Waals surface area contributed by atoms with Crippen molar-refractivity contribution in [2.75, 3.05) is 18.4 Å². The number of alkyl halides is 1. The fourth-order valence-electron chi connectivity index (χ4n) is 2.72. The lowest BCUT2D eigenvalue weighted by Gasteiger charge is -2.31. The normalized spacial score (nSPS) is 19.2. The van der Waals surface area contributed by atoms with E-state index < -0.39 is 0 Å². The van der Waals surface area contributed by atoms with E-state index in [1.807, 2.05) is 41.3 Å². The Kier molecular flexibility index (Phi) is 4.01. The van der Waals surface area contributed by atoms with Crippen LogP contribution in [0.4, 0.5) is 0 Å². The molecule has 1 aliphatic rings. The van der Waals surface area contributed by atoms with Crippen molar-refractivity contribution in [3.63, 3.8) is 0 Å². The summed E-state index contributed by atoms with van der Waals surface area (Å²) in [7, 11) is 0. The third-order valence-electron chi connectivity index (χ3n) is 3.84. The number of halogens is 1. The van der Waals surface area contributed by atoms with Gasteiger partial charge in [-0.3, -0.25) is 4.79 Å². The molecule has 2 aromatic rings. The third kappa shape index (κ3) is 2.70. The quantitative estimate of drug-likeness (QED) is 0.789. The van der Waals surface area contributed by atoms with Crippen LogP contribution >= 0.6 is 15.9 Å². The van der Waals surface area contributed by atoms with Crippen LogP contribution in [0.2, 0.25) is 0 Å². The lowest BCUT2D eigenvalue weighted by atomic mass is 10.00. The number of aromatic nitrogens is 1. The summed E-state index contributed by atoms with van der Waals surface area (Å²) in [6.07, 6.45) is 2.27. The Bertz CT molecular complexity index is 629. The predicted octanol–water partition coefficient (Wildman–Crippen LogP) is 3.48. The summed E-state index contributed by atoms with van der Waals surface area (Å²) in [5.41, 5.74) is 1.44. The molecule has 1 aromatic heterocycles. The van der Waals surface area contributed by atoms with E-state index in [4.69, 9.17) is 0 Å². The average Bonchev–Trinajstić information content (AvgIpc) is 2.53. The summed E-state index contributed by atoms with van der Waals surface area (Å²) >= 11 is 3.52. The number of fused-ring (bicyclic) bond motifs is 1. The molecule has 2 heterocycles. The molecule has 104 valence electrons. The highest BCUT2D eigenvalue weighted by Crippen LogP contribution is 2.20. The molecule has 1 aromatic carbocycles. The molecular weight excluding hydrogens is 316 g/mol. The molecule has 1 saturated heterocycles. The zero-order valence-electron chi connectivity index (χ0n) is 11.3. The van der Waals surface area contributed by atoms with Crippen LogP contribution in [0, 0.1) is 5.92 Å². The van der Waals surface area contributed by atoms with Gasteiger partial charge in [-0.25, -0.2) is 4.98 Å². The first kappa shape index (κ1) is 13.6. The number of hydrogen-bond donors (Lipinski definition) is 0. The Morgan fingerprint density at radius 2 is 2.15 bits per heavy atom. The number of hydrogen-bond acceptors (Lipinski definition) is 2. The minimum absolute atomic E-state index is 0.0569. The average molecular weight is 333 g/mol. The molecule has 1 aliphatic heterocycles. The summed E-state index contributed by atoms with van der Waals surface area (Å²) in [6.45, 7) is 1.68. The number of nitrogens with zero attached hydrogens (tertiary/aromatic N) is 2. The Morgan fingerprint density at radius 3 is 3.00 bits per heavy atom. The largest absolute Gasteiger partial charge is 0.337 e. The second-order valence-electron chi connectivity index (χ2n) is 5.30. The smallest absolute Gasteiger partial charge is 0.272 e. The van der Waals surface area contributed by atoms with E-state index in [0.29, 0.717) is 11.6 Å². The zero-order chi connectivity index (χ0) is 13.9. The molecule has 20 heavy (non-hydrogen) atoms. The monoisotopic (exact) mass is 332 g/mol. The summed E-state index contributed by atoms with van der Waals surface area (Å²) in [5.74, 6) is 0.620. The van der Waals surface area contributed by atoms with Gasteiger partial charge in [-0.1, -0.05) is 40.2 Å². The van der Waals surface area contributed by atoms with Gasteiger partial charge in [-0.2, -0.15) is 0 Å². The van der Waals surface area contributed by atoms with E-state index in [1.54, 1.807) is 0 Å². The first-order valence-corrected chi connectivity index (χ1v) is 8.11. The van der Waals surface area contributed by atoms with E-state index in [0.717, 1.165) is 35.7 Å². The van der Waals surface area contributed by atoms with Gasteiger partial charge >= 0.3 is 0 Å². The molecule has 3 rings (SSSR count). The van der Waals surface area contributed by atoms with Crippen LogP contribution in [0.15, 0.2) is 36.4 Å². The topological polar surface area (TPSA) is 33.2 Å². The van der Waals surface area contributed by atoms with E-state index >= 15 is 0 Å². The van der Waals surface area contributed by atoms with Crippen molar-refractivity contribution in [1.29, 1.82) is 0 Å². The maximum atomic E-state index is 12.6. The fourth-order valence-corrected chi connectivity index (χ4v) is 3.25. The SMILES string of the molecule is O=C(c1ccc2ccccc2n1)N1CCCC(CBr)C1. The van der Waals surface area contributed by atoms with E-state index in [2.05, 4.69) is 20.9 Å². The van der Waals surface area contributed by atoms with Crippen LogP contribution in [0.25, 0.3) is 10.9 Å². The molecule has 0 N–H and O–H groups in total. The molecule has 1 amide bonds. The molecule has 3 nitrogen and oxygen atoms in total. The number of carbonyl (C=O) groups excluding carboxylic acids is 1. The first-order valence-electron chi connectivity index (χ1n) is 6.99. The van der Waals surface area contributed by atoms with Gasteiger partial charge in [0.2, 0.25) is 0 Å². The number of piperidine rings is 1. The molecule has 1 unspecified atom stereocenters. The molecule has 0 spiro atoms. The molecule has 0 bridgehead atoms. The van der Waals surface area contributed by atoms with Crippen molar-refractivity contribution >= 4 is 32.7 Å². The van der Waals surface area contributed by atoms with Gasteiger partial charge in [0, 0.05) is 23.8 Å².